The molecule has 2 rings (SSSR count). The molecule has 1 fully saturated rings. The monoisotopic (exact) mass is 276 g/mol. The lowest BCUT2D eigenvalue weighted by Crippen LogP contribution is -2.41. The molecule has 1 aliphatic rings. The number of hydrogen-bond donors (Lipinski definition) is 2. The fourth-order valence-electron chi connectivity index (χ4n) is 1.91. The summed E-state index contributed by atoms with van der Waals surface area (Å²) in [6.45, 7) is 7.95. The van der Waals surface area contributed by atoms with Crippen LogP contribution < -0.4 is 5.73 Å². The number of aliphatic hydroxyl groups excluding tert-OH is 1. The molecular weight excluding hydrogens is 255 g/mol. The van der Waals surface area contributed by atoms with Crippen molar-refractivity contribution in [2.45, 2.75) is 45.5 Å². The lowest BCUT2D eigenvalue weighted by Gasteiger charge is -2.32. The molecular formula is C14H21BN2O3. The van der Waals surface area contributed by atoms with Crippen molar-refractivity contribution in [3.05, 3.63) is 29.4 Å². The third kappa shape index (κ3) is 2.87. The minimum atomic E-state index is -0.419. The second kappa shape index (κ2) is 5.20. The number of anilines is 1. The van der Waals surface area contributed by atoms with Crippen LogP contribution in [0, 0.1) is 0 Å². The third-order valence-electron chi connectivity index (χ3n) is 3.89. The zero-order chi connectivity index (χ0) is 15.0. The Kier molecular flexibility index (Phi) is 3.91. The lowest BCUT2D eigenvalue weighted by molar-refractivity contribution is 0.00578. The second-order valence-corrected chi connectivity index (χ2v) is 5.96. The summed E-state index contributed by atoms with van der Waals surface area (Å²) >= 11 is 0. The summed E-state index contributed by atoms with van der Waals surface area (Å²) in [4.78, 5) is 4.04. The highest BCUT2D eigenvalue weighted by Crippen LogP contribution is 2.37. The minimum Gasteiger partial charge on any atom is -0.400 e. The molecule has 1 aromatic rings. The van der Waals surface area contributed by atoms with Crippen molar-refractivity contribution in [1.82, 2.24) is 4.98 Å². The van der Waals surface area contributed by atoms with Crippen molar-refractivity contribution in [2.24, 2.45) is 0 Å². The topological polar surface area (TPSA) is 77.6 Å². The Morgan fingerprint density at radius 1 is 1.30 bits per heavy atom. The molecule has 1 aliphatic heterocycles. The summed E-state index contributed by atoms with van der Waals surface area (Å²) in [5.74, 6) is 2.22. The molecule has 1 saturated heterocycles. The average molecular weight is 276 g/mol. The SMILES string of the molecule is CC1(C)OB(/C=C/c2cc(CO)cnc2N)OC1(C)C. The molecule has 0 radical (unpaired) electrons. The van der Waals surface area contributed by atoms with Gasteiger partial charge in [0, 0.05) is 11.8 Å². The van der Waals surface area contributed by atoms with Crippen LogP contribution in [0.1, 0.15) is 38.8 Å². The summed E-state index contributed by atoms with van der Waals surface area (Å²) in [5, 5.41) is 9.12. The van der Waals surface area contributed by atoms with Crippen LogP contribution in [-0.2, 0) is 15.9 Å². The van der Waals surface area contributed by atoms with Gasteiger partial charge in [0.15, 0.2) is 0 Å². The highest BCUT2D eigenvalue weighted by molar-refractivity contribution is 6.52. The highest BCUT2D eigenvalue weighted by Gasteiger charge is 2.49. The maximum atomic E-state index is 9.12. The lowest BCUT2D eigenvalue weighted by atomic mass is 9.89. The Bertz CT molecular complexity index is 513. The van der Waals surface area contributed by atoms with Gasteiger partial charge in [-0.1, -0.05) is 12.1 Å². The number of hydrogen-bond acceptors (Lipinski definition) is 5. The van der Waals surface area contributed by atoms with E-state index in [9.17, 15) is 0 Å². The van der Waals surface area contributed by atoms with Crippen LogP contribution >= 0.6 is 0 Å². The van der Waals surface area contributed by atoms with E-state index in [0.29, 0.717) is 11.4 Å². The van der Waals surface area contributed by atoms with E-state index in [-0.39, 0.29) is 17.8 Å². The Labute approximate surface area is 119 Å². The summed E-state index contributed by atoms with van der Waals surface area (Å²) in [6, 6.07) is 1.80. The normalized spacial score (nSPS) is 20.8. The van der Waals surface area contributed by atoms with Crippen LogP contribution in [-0.4, -0.2) is 28.4 Å². The number of rotatable bonds is 3. The van der Waals surface area contributed by atoms with Crippen molar-refractivity contribution in [3.63, 3.8) is 0 Å². The summed E-state index contributed by atoms with van der Waals surface area (Å²) < 4.78 is 11.7. The maximum Gasteiger partial charge on any atom is 0.487 e. The van der Waals surface area contributed by atoms with Crippen molar-refractivity contribution in [2.75, 3.05) is 5.73 Å². The van der Waals surface area contributed by atoms with Gasteiger partial charge < -0.3 is 20.1 Å². The third-order valence-corrected chi connectivity index (χ3v) is 3.89. The van der Waals surface area contributed by atoms with Crippen LogP contribution in [0.25, 0.3) is 6.08 Å². The molecule has 108 valence electrons. The molecule has 0 saturated carbocycles. The summed E-state index contributed by atoms with van der Waals surface area (Å²) in [5.41, 5.74) is 6.54. The first kappa shape index (κ1) is 15.0. The largest absolute Gasteiger partial charge is 0.487 e. The van der Waals surface area contributed by atoms with Crippen LogP contribution in [0.5, 0.6) is 0 Å². The van der Waals surface area contributed by atoms with E-state index < -0.39 is 7.12 Å². The van der Waals surface area contributed by atoms with Gasteiger partial charge in [-0.15, -0.1) is 0 Å². The predicted molar refractivity (Wildman–Crippen MR) is 79.7 cm³/mol. The zero-order valence-corrected chi connectivity index (χ0v) is 12.4. The maximum absolute atomic E-state index is 9.12. The van der Waals surface area contributed by atoms with E-state index in [0.717, 1.165) is 5.56 Å². The van der Waals surface area contributed by atoms with Gasteiger partial charge in [0.2, 0.25) is 0 Å². The highest BCUT2D eigenvalue weighted by atomic mass is 16.7. The smallest absolute Gasteiger partial charge is 0.400 e. The van der Waals surface area contributed by atoms with E-state index >= 15 is 0 Å². The fraction of sp³-hybridized carbons (Fsp3) is 0.500. The average Bonchev–Trinajstić information content (AvgIpc) is 2.57. The molecule has 5 nitrogen and oxygen atoms in total. The van der Waals surface area contributed by atoms with Crippen molar-refractivity contribution in [3.8, 4) is 0 Å². The zero-order valence-electron chi connectivity index (χ0n) is 12.4. The first-order valence-electron chi connectivity index (χ1n) is 6.64. The molecule has 6 heteroatoms. The van der Waals surface area contributed by atoms with E-state index in [1.165, 1.54) is 0 Å². The van der Waals surface area contributed by atoms with Gasteiger partial charge in [-0.2, -0.15) is 0 Å². The molecule has 0 spiro atoms. The van der Waals surface area contributed by atoms with Crippen molar-refractivity contribution < 1.29 is 14.4 Å². The van der Waals surface area contributed by atoms with E-state index in [2.05, 4.69) is 4.98 Å². The summed E-state index contributed by atoms with van der Waals surface area (Å²) in [7, 11) is -0.419. The van der Waals surface area contributed by atoms with Crippen molar-refractivity contribution >= 4 is 19.0 Å². The molecule has 3 N–H and O–H groups in total. The first-order valence-corrected chi connectivity index (χ1v) is 6.64. The van der Waals surface area contributed by atoms with E-state index in [1.54, 1.807) is 12.3 Å². The van der Waals surface area contributed by atoms with Crippen LogP contribution in [0.15, 0.2) is 18.2 Å². The summed E-state index contributed by atoms with van der Waals surface area (Å²) in [6.07, 6.45) is 3.37. The molecule has 0 atom stereocenters. The van der Waals surface area contributed by atoms with E-state index in [1.807, 2.05) is 39.7 Å². The molecule has 0 aliphatic carbocycles. The molecule has 0 bridgehead atoms. The Hall–Kier alpha value is -1.37. The number of nitrogen functional groups attached to an aromatic ring is 1. The molecule has 0 unspecified atom stereocenters. The fourth-order valence-corrected chi connectivity index (χ4v) is 1.91. The van der Waals surface area contributed by atoms with Gasteiger partial charge in [-0.3, -0.25) is 0 Å². The number of pyridine rings is 1. The number of nitrogens with two attached hydrogens (primary N) is 1. The molecule has 1 aromatic heterocycles. The van der Waals surface area contributed by atoms with Gasteiger partial charge in [0.25, 0.3) is 0 Å². The Morgan fingerprint density at radius 2 is 1.90 bits per heavy atom. The standard InChI is InChI=1S/C14H21BN2O3/c1-13(2)14(3,4)20-15(19-13)6-5-11-7-10(9-18)8-17-12(11)16/h5-8,18H,9H2,1-4H3,(H2,16,17)/b6-5+. The first-order chi connectivity index (χ1) is 9.25. The molecule has 20 heavy (non-hydrogen) atoms. The van der Waals surface area contributed by atoms with Crippen LogP contribution in [0.4, 0.5) is 5.82 Å². The van der Waals surface area contributed by atoms with Crippen LogP contribution in [0.3, 0.4) is 0 Å². The second-order valence-electron chi connectivity index (χ2n) is 5.96. The predicted octanol–water partition coefficient (Wildman–Crippen LogP) is 1.80. The van der Waals surface area contributed by atoms with Gasteiger partial charge in [-0.25, -0.2) is 4.98 Å². The van der Waals surface area contributed by atoms with Gasteiger partial charge in [-0.05, 0) is 39.3 Å². The van der Waals surface area contributed by atoms with Gasteiger partial charge >= 0.3 is 7.12 Å². The Balaban J connectivity index is 2.15. The molecule has 0 amide bonds. The van der Waals surface area contributed by atoms with Crippen molar-refractivity contribution in [1.29, 1.82) is 0 Å². The Morgan fingerprint density at radius 3 is 2.45 bits per heavy atom. The van der Waals surface area contributed by atoms with Gasteiger partial charge in [0.1, 0.15) is 5.82 Å². The van der Waals surface area contributed by atoms with Gasteiger partial charge in [0.05, 0.1) is 17.8 Å². The minimum absolute atomic E-state index is 0.0649. The molecule has 0 aromatic carbocycles. The van der Waals surface area contributed by atoms with Crippen LogP contribution in [0.2, 0.25) is 0 Å². The molecule has 2 heterocycles. The van der Waals surface area contributed by atoms with E-state index in [4.69, 9.17) is 20.1 Å². The number of aromatic nitrogens is 1. The number of nitrogens with zero attached hydrogens (tertiary/aromatic N) is 1. The quantitative estimate of drug-likeness (QED) is 0.823. The number of aliphatic hydroxyl groups is 1.